The van der Waals surface area contributed by atoms with Gasteiger partial charge in [-0.15, -0.1) is 0 Å². The Morgan fingerprint density at radius 2 is 1.71 bits per heavy atom. The minimum atomic E-state index is 0.177. The van der Waals surface area contributed by atoms with E-state index in [1.165, 1.54) is 17.5 Å². The lowest BCUT2D eigenvalue weighted by atomic mass is 9.79. The Balaban J connectivity index is 1.43. The highest BCUT2D eigenvalue weighted by Crippen LogP contribution is 2.37. The van der Waals surface area contributed by atoms with Crippen molar-refractivity contribution in [2.45, 2.75) is 38.1 Å². The van der Waals surface area contributed by atoms with Gasteiger partial charge >= 0.3 is 0 Å². The van der Waals surface area contributed by atoms with Gasteiger partial charge in [0.05, 0.1) is 0 Å². The van der Waals surface area contributed by atoms with Crippen LogP contribution in [0.1, 0.15) is 30.4 Å². The molecular weight excluding hydrogens is 260 g/mol. The molecule has 1 heterocycles. The summed E-state index contributed by atoms with van der Waals surface area (Å²) in [5, 5.41) is 0. The third-order valence-corrected chi connectivity index (χ3v) is 5.80. The molecule has 21 heavy (non-hydrogen) atoms. The van der Waals surface area contributed by atoms with Crippen molar-refractivity contribution in [1.82, 2.24) is 4.90 Å². The number of carbonyl (C=O) groups is 1. The fourth-order valence-corrected chi connectivity index (χ4v) is 4.64. The smallest absolute Gasteiger partial charge is 0.226 e. The molecule has 1 aromatic carbocycles. The average Bonchev–Trinajstić information content (AvgIpc) is 3.09. The molecule has 3 heteroatoms. The number of hydrogen-bond acceptors (Lipinski definition) is 2. The van der Waals surface area contributed by atoms with E-state index in [1.54, 1.807) is 0 Å². The van der Waals surface area contributed by atoms with Crippen molar-refractivity contribution < 1.29 is 4.79 Å². The quantitative estimate of drug-likeness (QED) is 0.857. The Hall–Kier alpha value is -1.35. The molecule has 2 aliphatic carbocycles. The zero-order chi connectivity index (χ0) is 14.4. The van der Waals surface area contributed by atoms with E-state index >= 15 is 0 Å². The molecule has 112 valence electrons. The summed E-state index contributed by atoms with van der Waals surface area (Å²) < 4.78 is 0. The fraction of sp³-hybridized carbons (Fsp3) is 0.611. The number of likely N-dealkylation sites (tertiary alicyclic amines) is 1. The maximum Gasteiger partial charge on any atom is 0.226 e. The summed E-state index contributed by atoms with van der Waals surface area (Å²) in [6, 6.07) is 8.86. The van der Waals surface area contributed by atoms with Crippen LogP contribution in [0.25, 0.3) is 0 Å². The van der Waals surface area contributed by atoms with Gasteiger partial charge in [0.15, 0.2) is 0 Å². The van der Waals surface area contributed by atoms with Crippen LogP contribution in [0.2, 0.25) is 0 Å². The van der Waals surface area contributed by atoms with Gasteiger partial charge in [-0.05, 0) is 55.1 Å². The minimum Gasteiger partial charge on any atom is -0.342 e. The second-order valence-corrected chi connectivity index (χ2v) is 7.21. The van der Waals surface area contributed by atoms with Gasteiger partial charge in [-0.2, -0.15) is 0 Å². The number of nitrogens with two attached hydrogens (primary N) is 1. The van der Waals surface area contributed by atoms with E-state index < -0.39 is 0 Å². The molecule has 1 saturated carbocycles. The van der Waals surface area contributed by atoms with Crippen LogP contribution in [-0.2, 0) is 17.6 Å². The molecular formula is C18H24N2O. The summed E-state index contributed by atoms with van der Waals surface area (Å²) in [5.41, 5.74) is 8.83. The van der Waals surface area contributed by atoms with Crippen molar-refractivity contribution in [2.24, 2.45) is 23.5 Å². The van der Waals surface area contributed by atoms with Gasteiger partial charge in [0, 0.05) is 25.0 Å². The van der Waals surface area contributed by atoms with Crippen LogP contribution in [0, 0.1) is 17.8 Å². The van der Waals surface area contributed by atoms with Crippen molar-refractivity contribution in [3.63, 3.8) is 0 Å². The number of fused-ring (bicyclic) bond motifs is 2. The molecule has 1 aliphatic heterocycles. The van der Waals surface area contributed by atoms with Crippen LogP contribution in [0.15, 0.2) is 24.3 Å². The lowest BCUT2D eigenvalue weighted by molar-refractivity contribution is -0.134. The Bertz CT molecular complexity index is 531. The Labute approximate surface area is 126 Å². The summed E-state index contributed by atoms with van der Waals surface area (Å²) in [6.45, 7) is 1.92. The first-order valence-electron chi connectivity index (χ1n) is 8.32. The number of amides is 1. The highest BCUT2D eigenvalue weighted by atomic mass is 16.2. The number of benzene rings is 1. The molecule has 3 nitrogen and oxygen atoms in total. The zero-order valence-corrected chi connectivity index (χ0v) is 12.5. The van der Waals surface area contributed by atoms with Crippen molar-refractivity contribution in [2.75, 3.05) is 13.1 Å². The van der Waals surface area contributed by atoms with E-state index in [1.807, 2.05) is 0 Å². The van der Waals surface area contributed by atoms with Crippen molar-refractivity contribution in [3.05, 3.63) is 35.4 Å². The van der Waals surface area contributed by atoms with Crippen LogP contribution in [0.3, 0.4) is 0 Å². The normalized spacial score (nSPS) is 32.0. The summed E-state index contributed by atoms with van der Waals surface area (Å²) in [7, 11) is 0. The molecule has 1 amide bonds. The predicted octanol–water partition coefficient (Wildman–Crippen LogP) is 1.99. The molecule has 4 rings (SSSR count). The summed E-state index contributed by atoms with van der Waals surface area (Å²) in [4.78, 5) is 15.0. The number of rotatable bonds is 1. The topological polar surface area (TPSA) is 46.3 Å². The average molecular weight is 284 g/mol. The van der Waals surface area contributed by atoms with E-state index in [-0.39, 0.29) is 5.92 Å². The first-order chi connectivity index (χ1) is 10.2. The van der Waals surface area contributed by atoms with Gasteiger partial charge < -0.3 is 10.6 Å². The fourth-order valence-electron chi connectivity index (χ4n) is 4.64. The van der Waals surface area contributed by atoms with Crippen LogP contribution in [0.5, 0.6) is 0 Å². The van der Waals surface area contributed by atoms with Gasteiger partial charge in [-0.25, -0.2) is 0 Å². The Morgan fingerprint density at radius 1 is 1.05 bits per heavy atom. The van der Waals surface area contributed by atoms with E-state index in [9.17, 15) is 4.79 Å². The molecule has 0 aromatic heterocycles. The van der Waals surface area contributed by atoms with Crippen molar-refractivity contribution in [1.29, 1.82) is 0 Å². The van der Waals surface area contributed by atoms with E-state index in [0.29, 0.717) is 23.8 Å². The molecule has 3 aliphatic rings. The van der Waals surface area contributed by atoms with Gasteiger partial charge in [0.1, 0.15) is 0 Å². The van der Waals surface area contributed by atoms with Crippen LogP contribution < -0.4 is 5.73 Å². The maximum atomic E-state index is 12.8. The number of hydrogen-bond donors (Lipinski definition) is 1. The Morgan fingerprint density at radius 3 is 2.43 bits per heavy atom. The summed E-state index contributed by atoms with van der Waals surface area (Å²) >= 11 is 0. The van der Waals surface area contributed by atoms with Crippen LogP contribution >= 0.6 is 0 Å². The van der Waals surface area contributed by atoms with Crippen LogP contribution in [0.4, 0.5) is 0 Å². The molecule has 0 bridgehead atoms. The summed E-state index contributed by atoms with van der Waals surface area (Å²) in [6.07, 6.45) is 5.32. The molecule has 2 fully saturated rings. The van der Waals surface area contributed by atoms with E-state index in [0.717, 1.165) is 38.8 Å². The largest absolute Gasteiger partial charge is 0.342 e. The molecule has 0 spiro atoms. The predicted molar refractivity (Wildman–Crippen MR) is 82.7 cm³/mol. The summed E-state index contributed by atoms with van der Waals surface area (Å²) in [5.74, 6) is 1.92. The molecule has 3 atom stereocenters. The number of carbonyl (C=O) groups excluding carboxylic acids is 1. The Kier molecular flexibility index (Phi) is 3.26. The lowest BCUT2D eigenvalue weighted by Gasteiger charge is -2.27. The second kappa shape index (κ2) is 5.13. The maximum absolute atomic E-state index is 12.8. The molecule has 1 unspecified atom stereocenters. The second-order valence-electron chi connectivity index (χ2n) is 7.21. The van der Waals surface area contributed by atoms with Crippen molar-refractivity contribution in [3.8, 4) is 0 Å². The SMILES string of the molecule is NC1CC[C@@H]2CN(C(=O)C3Cc4ccccc4C3)C[C@@H]2C1. The molecule has 0 radical (unpaired) electrons. The molecule has 2 N–H and O–H groups in total. The van der Waals surface area contributed by atoms with Gasteiger partial charge in [-0.3, -0.25) is 4.79 Å². The standard InChI is InChI=1S/C18H24N2O/c19-17-6-5-14-10-20(11-16(14)9-17)18(21)15-7-12-3-1-2-4-13(12)8-15/h1-4,14-17H,5-11,19H2/t14-,16+,17?/m1/s1. The highest BCUT2D eigenvalue weighted by Gasteiger charge is 2.41. The third kappa shape index (κ3) is 2.38. The highest BCUT2D eigenvalue weighted by molar-refractivity contribution is 5.80. The van der Waals surface area contributed by atoms with E-state index in [2.05, 4.69) is 29.2 Å². The monoisotopic (exact) mass is 284 g/mol. The van der Waals surface area contributed by atoms with Gasteiger partial charge in [0.25, 0.3) is 0 Å². The molecule has 1 saturated heterocycles. The first kappa shape index (κ1) is 13.3. The third-order valence-electron chi connectivity index (χ3n) is 5.80. The van der Waals surface area contributed by atoms with E-state index in [4.69, 9.17) is 5.73 Å². The minimum absolute atomic E-state index is 0.177. The van der Waals surface area contributed by atoms with Crippen molar-refractivity contribution >= 4 is 5.91 Å². The van der Waals surface area contributed by atoms with Gasteiger partial charge in [-0.1, -0.05) is 24.3 Å². The first-order valence-corrected chi connectivity index (χ1v) is 8.32. The molecule has 1 aromatic rings. The van der Waals surface area contributed by atoms with Crippen LogP contribution in [-0.4, -0.2) is 29.9 Å². The number of nitrogens with zero attached hydrogens (tertiary/aromatic N) is 1. The lowest BCUT2D eigenvalue weighted by Crippen LogP contribution is -2.35. The van der Waals surface area contributed by atoms with Gasteiger partial charge in [0.2, 0.25) is 5.91 Å². The zero-order valence-electron chi connectivity index (χ0n) is 12.5.